The summed E-state index contributed by atoms with van der Waals surface area (Å²) in [5, 5.41) is 3.19. The number of H-pyrrole nitrogens is 1. The van der Waals surface area contributed by atoms with Gasteiger partial charge < -0.3 is 10.2 Å². The quantitative estimate of drug-likeness (QED) is 0.814. The fourth-order valence-electron chi connectivity index (χ4n) is 2.82. The van der Waals surface area contributed by atoms with Crippen LogP contribution in [-0.2, 0) is 11.3 Å². The number of nitrogens with zero attached hydrogens (tertiary/aromatic N) is 2. The van der Waals surface area contributed by atoms with Crippen molar-refractivity contribution < 1.29 is 9.18 Å². The summed E-state index contributed by atoms with van der Waals surface area (Å²) < 4.78 is 14.6. The van der Waals surface area contributed by atoms with Crippen molar-refractivity contribution in [2.24, 2.45) is 0 Å². The van der Waals surface area contributed by atoms with Crippen LogP contribution >= 0.6 is 12.4 Å². The van der Waals surface area contributed by atoms with Crippen LogP contribution in [0.1, 0.15) is 11.6 Å². The molecule has 7 nitrogen and oxygen atoms in total. The topological polar surface area (TPSA) is 87.2 Å². The van der Waals surface area contributed by atoms with Crippen LogP contribution in [0.2, 0.25) is 0 Å². The van der Waals surface area contributed by atoms with E-state index in [0.717, 1.165) is 4.57 Å². The van der Waals surface area contributed by atoms with E-state index in [2.05, 4.69) is 10.3 Å². The fourth-order valence-corrected chi connectivity index (χ4v) is 2.82. The molecule has 0 saturated carbocycles. The summed E-state index contributed by atoms with van der Waals surface area (Å²) in [6.45, 7) is 1.41. The molecule has 1 aromatic heterocycles. The first-order valence-electron chi connectivity index (χ1n) is 7.60. The zero-order chi connectivity index (χ0) is 17.1. The smallest absolute Gasteiger partial charge is 0.328 e. The molecule has 1 saturated heterocycles. The number of hydrogen-bond donors (Lipinski definition) is 2. The Kier molecular flexibility index (Phi) is 6.11. The van der Waals surface area contributed by atoms with Crippen molar-refractivity contribution in [2.45, 2.75) is 12.6 Å². The van der Waals surface area contributed by atoms with Gasteiger partial charge in [0.2, 0.25) is 5.91 Å². The fraction of sp³-hybridized carbons (Fsp3) is 0.312. The molecule has 0 radical (unpaired) electrons. The van der Waals surface area contributed by atoms with Crippen molar-refractivity contribution in [1.29, 1.82) is 0 Å². The van der Waals surface area contributed by atoms with E-state index in [4.69, 9.17) is 0 Å². The predicted molar refractivity (Wildman–Crippen MR) is 92.3 cm³/mol. The molecule has 1 aromatic carbocycles. The first kappa shape index (κ1) is 18.9. The molecule has 2 N–H and O–H groups in total. The standard InChI is InChI=1S/C16H17FN4O3.ClH/c17-12-3-1-2-11(8-12)13-9-18-5-7-21(13)15(23)10-20-6-4-14(22)19-16(20)24;/h1-4,6,8,13,18H,5,7,9-10H2,(H,19,22,24);1H. The van der Waals surface area contributed by atoms with Gasteiger partial charge in [-0.1, -0.05) is 12.1 Å². The second kappa shape index (κ2) is 8.09. The monoisotopic (exact) mass is 368 g/mol. The number of rotatable bonds is 3. The molecule has 1 unspecified atom stereocenters. The summed E-state index contributed by atoms with van der Waals surface area (Å²) in [6.07, 6.45) is 1.29. The van der Waals surface area contributed by atoms with Crippen molar-refractivity contribution >= 4 is 18.3 Å². The average Bonchev–Trinajstić information content (AvgIpc) is 2.57. The molecule has 25 heavy (non-hydrogen) atoms. The SMILES string of the molecule is Cl.O=C(Cn1ccc(=O)[nH]c1=O)N1CCNCC1c1cccc(F)c1. The van der Waals surface area contributed by atoms with Gasteiger partial charge in [-0.2, -0.15) is 0 Å². The van der Waals surface area contributed by atoms with Crippen LogP contribution in [0.25, 0.3) is 0 Å². The van der Waals surface area contributed by atoms with Crippen LogP contribution in [0.4, 0.5) is 4.39 Å². The number of benzene rings is 1. The largest absolute Gasteiger partial charge is 0.332 e. The van der Waals surface area contributed by atoms with Crippen LogP contribution in [0, 0.1) is 5.82 Å². The maximum Gasteiger partial charge on any atom is 0.328 e. The van der Waals surface area contributed by atoms with Gasteiger partial charge in [0.05, 0.1) is 6.04 Å². The Morgan fingerprint density at radius 1 is 1.28 bits per heavy atom. The van der Waals surface area contributed by atoms with Crippen molar-refractivity contribution in [3.8, 4) is 0 Å². The minimum atomic E-state index is -0.631. The Balaban J connectivity index is 0.00000225. The van der Waals surface area contributed by atoms with Crippen molar-refractivity contribution in [2.75, 3.05) is 19.6 Å². The molecular weight excluding hydrogens is 351 g/mol. The van der Waals surface area contributed by atoms with Crippen LogP contribution < -0.4 is 16.6 Å². The van der Waals surface area contributed by atoms with Crippen LogP contribution in [0.15, 0.2) is 46.1 Å². The van der Waals surface area contributed by atoms with Gasteiger partial charge in [0.25, 0.3) is 5.56 Å². The summed E-state index contributed by atoms with van der Waals surface area (Å²) in [4.78, 5) is 39.2. The molecule has 1 amide bonds. The molecule has 9 heteroatoms. The number of hydrogen-bond acceptors (Lipinski definition) is 4. The molecule has 1 atom stereocenters. The van der Waals surface area contributed by atoms with E-state index in [9.17, 15) is 18.8 Å². The van der Waals surface area contributed by atoms with E-state index in [1.165, 1.54) is 24.4 Å². The lowest BCUT2D eigenvalue weighted by atomic mass is 10.0. The average molecular weight is 369 g/mol. The summed E-state index contributed by atoms with van der Waals surface area (Å²) in [5.74, 6) is -0.623. The Morgan fingerprint density at radius 3 is 2.80 bits per heavy atom. The van der Waals surface area contributed by atoms with Gasteiger partial charge in [-0.25, -0.2) is 9.18 Å². The number of carbonyl (C=O) groups excluding carboxylic acids is 1. The lowest BCUT2D eigenvalue weighted by Crippen LogP contribution is -2.50. The van der Waals surface area contributed by atoms with Gasteiger partial charge in [0, 0.05) is 31.9 Å². The summed E-state index contributed by atoms with van der Waals surface area (Å²) >= 11 is 0. The van der Waals surface area contributed by atoms with Crippen LogP contribution in [0.5, 0.6) is 0 Å². The van der Waals surface area contributed by atoms with Gasteiger partial charge in [-0.3, -0.25) is 19.1 Å². The number of carbonyl (C=O) groups is 1. The Bertz CT molecular complexity index is 867. The minimum absolute atomic E-state index is 0. The minimum Gasteiger partial charge on any atom is -0.332 e. The third kappa shape index (κ3) is 4.34. The van der Waals surface area contributed by atoms with Crippen molar-refractivity contribution in [1.82, 2.24) is 19.8 Å². The molecule has 0 aliphatic carbocycles. The highest BCUT2D eigenvalue weighted by Gasteiger charge is 2.28. The first-order valence-corrected chi connectivity index (χ1v) is 7.60. The van der Waals surface area contributed by atoms with E-state index >= 15 is 0 Å². The molecule has 1 fully saturated rings. The van der Waals surface area contributed by atoms with E-state index in [0.29, 0.717) is 25.2 Å². The van der Waals surface area contributed by atoms with Gasteiger partial charge in [-0.15, -0.1) is 12.4 Å². The van der Waals surface area contributed by atoms with Gasteiger partial charge in [0.15, 0.2) is 0 Å². The molecule has 0 bridgehead atoms. The molecule has 2 aromatic rings. The van der Waals surface area contributed by atoms with Gasteiger partial charge >= 0.3 is 5.69 Å². The third-order valence-corrected chi connectivity index (χ3v) is 4.00. The highest BCUT2D eigenvalue weighted by atomic mass is 35.5. The van der Waals surface area contributed by atoms with Crippen LogP contribution in [-0.4, -0.2) is 40.0 Å². The van der Waals surface area contributed by atoms with E-state index < -0.39 is 11.2 Å². The Hall–Kier alpha value is -2.45. The molecular formula is C16H18ClFN4O3. The maximum absolute atomic E-state index is 13.5. The number of piperazine rings is 1. The molecule has 3 rings (SSSR count). The third-order valence-electron chi connectivity index (χ3n) is 4.00. The number of aromatic amines is 1. The van der Waals surface area contributed by atoms with E-state index in [1.807, 2.05) is 0 Å². The zero-order valence-corrected chi connectivity index (χ0v) is 14.1. The molecule has 1 aliphatic rings. The second-order valence-electron chi connectivity index (χ2n) is 5.60. The van der Waals surface area contributed by atoms with Crippen molar-refractivity contribution in [3.05, 3.63) is 68.7 Å². The second-order valence-corrected chi connectivity index (χ2v) is 5.60. The number of nitrogens with one attached hydrogen (secondary N) is 2. The lowest BCUT2D eigenvalue weighted by molar-refractivity contribution is -0.135. The van der Waals surface area contributed by atoms with E-state index in [-0.39, 0.29) is 36.7 Å². The molecule has 1 aliphatic heterocycles. The highest BCUT2D eigenvalue weighted by Crippen LogP contribution is 2.23. The molecule has 2 heterocycles. The first-order chi connectivity index (χ1) is 11.5. The van der Waals surface area contributed by atoms with Gasteiger partial charge in [-0.05, 0) is 17.7 Å². The maximum atomic E-state index is 13.5. The lowest BCUT2D eigenvalue weighted by Gasteiger charge is -2.36. The number of aromatic nitrogens is 2. The molecule has 134 valence electrons. The summed E-state index contributed by atoms with van der Waals surface area (Å²) in [7, 11) is 0. The Morgan fingerprint density at radius 2 is 2.08 bits per heavy atom. The van der Waals surface area contributed by atoms with Gasteiger partial charge in [0.1, 0.15) is 12.4 Å². The zero-order valence-electron chi connectivity index (χ0n) is 13.3. The Labute approximate surface area is 148 Å². The summed E-state index contributed by atoms with van der Waals surface area (Å²) in [6, 6.07) is 7.02. The van der Waals surface area contributed by atoms with E-state index in [1.54, 1.807) is 17.0 Å². The highest BCUT2D eigenvalue weighted by molar-refractivity contribution is 5.85. The van der Waals surface area contributed by atoms with Crippen LogP contribution in [0.3, 0.4) is 0 Å². The normalized spacial score (nSPS) is 17.0. The number of amides is 1. The molecule has 0 spiro atoms. The van der Waals surface area contributed by atoms with Crippen molar-refractivity contribution in [3.63, 3.8) is 0 Å². The number of halogens is 2. The summed E-state index contributed by atoms with van der Waals surface area (Å²) in [5.41, 5.74) is -0.443. The predicted octanol–water partition coefficient (Wildman–Crippen LogP) is 0.271.